The Labute approximate surface area is 128 Å². The number of hydrogen-bond donors (Lipinski definition) is 0. The van der Waals surface area contributed by atoms with Crippen LogP contribution in [-0.2, 0) is 14.8 Å². The van der Waals surface area contributed by atoms with E-state index in [1.807, 2.05) is 20.8 Å². The summed E-state index contributed by atoms with van der Waals surface area (Å²) in [7, 11) is -1.90. The van der Waals surface area contributed by atoms with Gasteiger partial charge in [0.2, 0.25) is 10.0 Å². The van der Waals surface area contributed by atoms with Gasteiger partial charge in [-0.3, -0.25) is 0 Å². The van der Waals surface area contributed by atoms with Gasteiger partial charge >= 0.3 is 0 Å². The van der Waals surface area contributed by atoms with E-state index in [-0.39, 0.29) is 12.0 Å². The fourth-order valence-electron chi connectivity index (χ4n) is 2.04. The van der Waals surface area contributed by atoms with Crippen LogP contribution in [-0.4, -0.2) is 39.0 Å². The van der Waals surface area contributed by atoms with Crippen LogP contribution in [0.15, 0.2) is 41.8 Å². The number of hydrogen-bond acceptors (Lipinski definition) is 3. The van der Waals surface area contributed by atoms with Crippen molar-refractivity contribution in [2.75, 3.05) is 20.3 Å². The normalized spacial score (nSPS) is 13.6. The highest BCUT2D eigenvalue weighted by atomic mass is 32.2. The van der Waals surface area contributed by atoms with Gasteiger partial charge in [-0.05, 0) is 25.0 Å². The number of sulfonamides is 1. The van der Waals surface area contributed by atoms with Gasteiger partial charge in [-0.1, -0.05) is 37.6 Å². The van der Waals surface area contributed by atoms with Crippen LogP contribution in [0, 0.1) is 12.8 Å². The van der Waals surface area contributed by atoms with Gasteiger partial charge in [0.05, 0.1) is 24.2 Å². The summed E-state index contributed by atoms with van der Waals surface area (Å²) in [5.41, 5.74) is 1.03. The van der Waals surface area contributed by atoms with Crippen LogP contribution < -0.4 is 0 Å². The molecule has 0 amide bonds. The van der Waals surface area contributed by atoms with E-state index in [1.54, 1.807) is 37.4 Å². The standard InChI is InChI=1S/C16H25NO3S/c1-6-11-20-12-16(13(2)3)17(5)21(18,19)15-9-7-14(4)8-10-15/h6-10,13,16H,1,11-12H2,2-5H3. The molecule has 1 atom stereocenters. The van der Waals surface area contributed by atoms with Crippen molar-refractivity contribution in [2.24, 2.45) is 5.92 Å². The van der Waals surface area contributed by atoms with Gasteiger partial charge in [0.1, 0.15) is 0 Å². The number of benzene rings is 1. The van der Waals surface area contributed by atoms with Crippen LogP contribution in [0.3, 0.4) is 0 Å². The summed E-state index contributed by atoms with van der Waals surface area (Å²) in [5, 5.41) is 0. The molecule has 0 bridgehead atoms. The molecule has 0 radical (unpaired) electrons. The first-order valence-corrected chi connectivity index (χ1v) is 8.48. The molecule has 0 aliphatic carbocycles. The molecule has 1 aromatic carbocycles. The summed E-state index contributed by atoms with van der Waals surface area (Å²) < 4.78 is 32.2. The quantitative estimate of drug-likeness (QED) is 0.548. The zero-order chi connectivity index (χ0) is 16.0. The van der Waals surface area contributed by atoms with Crippen molar-refractivity contribution in [1.82, 2.24) is 4.31 Å². The molecule has 1 aromatic rings. The minimum absolute atomic E-state index is 0.153. The molecular weight excluding hydrogens is 286 g/mol. The second kappa shape index (κ2) is 7.73. The molecule has 0 saturated carbocycles. The number of nitrogens with zero attached hydrogens (tertiary/aromatic N) is 1. The van der Waals surface area contributed by atoms with Crippen molar-refractivity contribution in [3.63, 3.8) is 0 Å². The van der Waals surface area contributed by atoms with Crippen LogP contribution in [0.25, 0.3) is 0 Å². The van der Waals surface area contributed by atoms with E-state index >= 15 is 0 Å². The average molecular weight is 311 g/mol. The van der Waals surface area contributed by atoms with Crippen molar-refractivity contribution in [1.29, 1.82) is 0 Å². The Morgan fingerprint density at radius 1 is 1.29 bits per heavy atom. The van der Waals surface area contributed by atoms with E-state index in [4.69, 9.17) is 4.74 Å². The smallest absolute Gasteiger partial charge is 0.243 e. The fraction of sp³-hybridized carbons (Fsp3) is 0.500. The minimum Gasteiger partial charge on any atom is -0.376 e. The molecule has 0 aromatic heterocycles. The van der Waals surface area contributed by atoms with Crippen molar-refractivity contribution >= 4 is 10.0 Å². The first-order valence-electron chi connectivity index (χ1n) is 7.04. The monoisotopic (exact) mass is 311 g/mol. The Balaban J connectivity index is 2.97. The molecule has 0 aliphatic rings. The molecule has 0 heterocycles. The third-order valence-electron chi connectivity index (χ3n) is 3.46. The SMILES string of the molecule is C=CCOCC(C(C)C)N(C)S(=O)(=O)c1ccc(C)cc1. The Hall–Kier alpha value is -1.17. The molecule has 118 valence electrons. The summed E-state index contributed by atoms with van der Waals surface area (Å²) in [5.74, 6) is 0.153. The van der Waals surface area contributed by atoms with Gasteiger partial charge in [-0.2, -0.15) is 4.31 Å². The average Bonchev–Trinajstić information content (AvgIpc) is 2.43. The predicted octanol–water partition coefficient (Wildman–Crippen LogP) is 2.84. The lowest BCUT2D eigenvalue weighted by Crippen LogP contribution is -2.43. The Kier molecular flexibility index (Phi) is 6.58. The molecule has 1 unspecified atom stereocenters. The van der Waals surface area contributed by atoms with Gasteiger partial charge < -0.3 is 4.74 Å². The van der Waals surface area contributed by atoms with E-state index in [9.17, 15) is 8.42 Å². The summed E-state index contributed by atoms with van der Waals surface area (Å²) in [6.45, 7) is 10.3. The summed E-state index contributed by atoms with van der Waals surface area (Å²) >= 11 is 0. The summed E-state index contributed by atoms with van der Waals surface area (Å²) in [4.78, 5) is 0.310. The Bertz CT molecular complexity index is 549. The van der Waals surface area contributed by atoms with E-state index in [0.717, 1.165) is 5.56 Å². The minimum atomic E-state index is -3.51. The Morgan fingerprint density at radius 3 is 2.33 bits per heavy atom. The third kappa shape index (κ3) is 4.66. The van der Waals surface area contributed by atoms with Gasteiger partial charge in [-0.25, -0.2) is 8.42 Å². The molecule has 0 N–H and O–H groups in total. The second-order valence-corrected chi connectivity index (χ2v) is 7.47. The first-order chi connectivity index (χ1) is 9.80. The van der Waals surface area contributed by atoms with Gasteiger partial charge in [0.25, 0.3) is 0 Å². The van der Waals surface area contributed by atoms with Crippen LogP contribution in [0.5, 0.6) is 0 Å². The van der Waals surface area contributed by atoms with Gasteiger partial charge in [-0.15, -0.1) is 6.58 Å². The predicted molar refractivity (Wildman–Crippen MR) is 85.8 cm³/mol. The highest BCUT2D eigenvalue weighted by molar-refractivity contribution is 7.89. The molecule has 0 aliphatic heterocycles. The highest BCUT2D eigenvalue weighted by Crippen LogP contribution is 2.21. The largest absolute Gasteiger partial charge is 0.376 e. The number of likely N-dealkylation sites (N-methyl/N-ethyl adjacent to an activating group) is 1. The Morgan fingerprint density at radius 2 is 1.86 bits per heavy atom. The second-order valence-electron chi connectivity index (χ2n) is 5.47. The fourth-order valence-corrected chi connectivity index (χ4v) is 3.52. The van der Waals surface area contributed by atoms with Crippen LogP contribution in [0.4, 0.5) is 0 Å². The molecule has 5 heteroatoms. The summed E-state index contributed by atoms with van der Waals surface area (Å²) in [6.07, 6.45) is 1.66. The van der Waals surface area contributed by atoms with Gasteiger partial charge in [0.15, 0.2) is 0 Å². The van der Waals surface area contributed by atoms with Crippen LogP contribution in [0.2, 0.25) is 0 Å². The molecule has 0 fully saturated rings. The zero-order valence-corrected chi connectivity index (χ0v) is 14.1. The lowest BCUT2D eigenvalue weighted by atomic mass is 10.1. The van der Waals surface area contributed by atoms with Crippen molar-refractivity contribution < 1.29 is 13.2 Å². The van der Waals surface area contributed by atoms with E-state index in [0.29, 0.717) is 18.1 Å². The molecule has 4 nitrogen and oxygen atoms in total. The molecular formula is C16H25NO3S. The summed E-state index contributed by atoms with van der Waals surface area (Å²) in [6, 6.07) is 6.68. The lowest BCUT2D eigenvalue weighted by Gasteiger charge is -2.30. The number of rotatable bonds is 8. The maximum Gasteiger partial charge on any atom is 0.243 e. The van der Waals surface area contributed by atoms with E-state index < -0.39 is 10.0 Å². The topological polar surface area (TPSA) is 46.6 Å². The zero-order valence-electron chi connectivity index (χ0n) is 13.2. The molecule has 21 heavy (non-hydrogen) atoms. The van der Waals surface area contributed by atoms with E-state index in [2.05, 4.69) is 6.58 Å². The molecule has 0 spiro atoms. The first kappa shape index (κ1) is 17.9. The lowest BCUT2D eigenvalue weighted by molar-refractivity contribution is 0.0957. The van der Waals surface area contributed by atoms with E-state index in [1.165, 1.54) is 4.31 Å². The number of ether oxygens (including phenoxy) is 1. The molecule has 1 rings (SSSR count). The van der Waals surface area contributed by atoms with Gasteiger partial charge in [0, 0.05) is 7.05 Å². The van der Waals surface area contributed by atoms with Crippen molar-refractivity contribution in [3.8, 4) is 0 Å². The van der Waals surface area contributed by atoms with Crippen molar-refractivity contribution in [2.45, 2.75) is 31.7 Å². The maximum absolute atomic E-state index is 12.7. The van der Waals surface area contributed by atoms with Crippen molar-refractivity contribution in [3.05, 3.63) is 42.5 Å². The third-order valence-corrected chi connectivity index (χ3v) is 5.36. The van der Waals surface area contributed by atoms with Crippen LogP contribution in [0.1, 0.15) is 19.4 Å². The highest BCUT2D eigenvalue weighted by Gasteiger charge is 2.30. The molecule has 0 saturated heterocycles. The number of aryl methyl sites for hydroxylation is 1. The maximum atomic E-state index is 12.7. The van der Waals surface area contributed by atoms with Crippen LogP contribution >= 0.6 is 0 Å².